The van der Waals surface area contributed by atoms with E-state index in [0.717, 1.165) is 11.3 Å². The second-order valence-electron chi connectivity index (χ2n) is 4.29. The number of aromatic nitrogens is 1. The molecule has 3 nitrogen and oxygen atoms in total. The van der Waals surface area contributed by atoms with Crippen molar-refractivity contribution in [2.24, 2.45) is 0 Å². The lowest BCUT2D eigenvalue weighted by molar-refractivity contribution is 0.0939. The number of nitrogens with zero attached hydrogens (tertiary/aromatic N) is 1. The van der Waals surface area contributed by atoms with E-state index < -0.39 is 0 Å². The summed E-state index contributed by atoms with van der Waals surface area (Å²) in [4.78, 5) is 16.1. The quantitative estimate of drug-likeness (QED) is 0.896. The minimum Gasteiger partial charge on any atom is -0.346 e. The summed E-state index contributed by atoms with van der Waals surface area (Å²) in [5, 5.41) is 2.97. The van der Waals surface area contributed by atoms with Crippen molar-refractivity contribution in [2.75, 3.05) is 0 Å². The summed E-state index contributed by atoms with van der Waals surface area (Å²) in [6.45, 7) is 3.85. The molecule has 0 radical (unpaired) electrons. The van der Waals surface area contributed by atoms with E-state index in [4.69, 9.17) is 0 Å². The molecule has 1 N–H and O–H groups in total. The van der Waals surface area contributed by atoms with Crippen molar-refractivity contribution in [2.45, 2.75) is 19.9 Å². The standard InChI is InChI=1S/C15H16N2O/c1-11-10-14(8-9-16-11)15(18)17-12(2)13-6-4-3-5-7-13/h3-10,12H,1-2H3,(H,17,18)/t12-/m0/s1. The maximum atomic E-state index is 12.0. The van der Waals surface area contributed by atoms with Crippen LogP contribution in [0.25, 0.3) is 0 Å². The van der Waals surface area contributed by atoms with Crippen LogP contribution in [-0.4, -0.2) is 10.9 Å². The van der Waals surface area contributed by atoms with E-state index in [-0.39, 0.29) is 11.9 Å². The molecule has 0 aliphatic rings. The SMILES string of the molecule is Cc1cc(C(=O)N[C@@H](C)c2ccccc2)ccn1. The van der Waals surface area contributed by atoms with Gasteiger partial charge in [-0.15, -0.1) is 0 Å². The Labute approximate surface area is 107 Å². The van der Waals surface area contributed by atoms with Crippen LogP contribution < -0.4 is 5.32 Å². The second kappa shape index (κ2) is 5.45. The van der Waals surface area contributed by atoms with Gasteiger partial charge in [0.1, 0.15) is 0 Å². The summed E-state index contributed by atoms with van der Waals surface area (Å²) < 4.78 is 0. The summed E-state index contributed by atoms with van der Waals surface area (Å²) in [5.41, 5.74) is 2.58. The van der Waals surface area contributed by atoms with Gasteiger partial charge in [0, 0.05) is 17.5 Å². The number of benzene rings is 1. The van der Waals surface area contributed by atoms with E-state index in [0.29, 0.717) is 5.56 Å². The predicted octanol–water partition coefficient (Wildman–Crippen LogP) is 2.88. The third-order valence-electron chi connectivity index (χ3n) is 2.81. The van der Waals surface area contributed by atoms with Gasteiger partial charge in [-0.25, -0.2) is 0 Å². The zero-order valence-electron chi connectivity index (χ0n) is 10.6. The van der Waals surface area contributed by atoms with E-state index in [1.807, 2.05) is 44.2 Å². The Hall–Kier alpha value is -2.16. The molecule has 0 spiro atoms. The molecule has 0 saturated carbocycles. The minimum atomic E-state index is -0.0724. The molecule has 1 amide bonds. The van der Waals surface area contributed by atoms with Crippen molar-refractivity contribution in [3.63, 3.8) is 0 Å². The van der Waals surface area contributed by atoms with E-state index in [1.165, 1.54) is 0 Å². The third-order valence-corrected chi connectivity index (χ3v) is 2.81. The molecular weight excluding hydrogens is 224 g/mol. The fraction of sp³-hybridized carbons (Fsp3) is 0.200. The van der Waals surface area contributed by atoms with E-state index in [9.17, 15) is 4.79 Å². The van der Waals surface area contributed by atoms with Gasteiger partial charge >= 0.3 is 0 Å². The summed E-state index contributed by atoms with van der Waals surface area (Å²) in [7, 11) is 0. The van der Waals surface area contributed by atoms with Gasteiger partial charge in [-0.2, -0.15) is 0 Å². The first-order valence-corrected chi connectivity index (χ1v) is 5.95. The fourth-order valence-corrected chi connectivity index (χ4v) is 1.79. The molecule has 0 saturated heterocycles. The highest BCUT2D eigenvalue weighted by Crippen LogP contribution is 2.12. The van der Waals surface area contributed by atoms with E-state index >= 15 is 0 Å². The summed E-state index contributed by atoms with van der Waals surface area (Å²) in [6.07, 6.45) is 1.65. The Balaban J connectivity index is 2.08. The number of hydrogen-bond acceptors (Lipinski definition) is 2. The van der Waals surface area contributed by atoms with Crippen LogP contribution in [0, 0.1) is 6.92 Å². The average molecular weight is 240 g/mol. The van der Waals surface area contributed by atoms with Crippen LogP contribution in [0.15, 0.2) is 48.7 Å². The molecule has 1 atom stereocenters. The molecule has 0 aliphatic carbocycles. The van der Waals surface area contributed by atoms with Crippen LogP contribution >= 0.6 is 0 Å². The molecule has 0 aliphatic heterocycles. The number of aryl methyl sites for hydroxylation is 1. The highest BCUT2D eigenvalue weighted by Gasteiger charge is 2.11. The first-order chi connectivity index (χ1) is 8.66. The van der Waals surface area contributed by atoms with E-state index in [2.05, 4.69) is 10.3 Å². The van der Waals surface area contributed by atoms with Crippen LogP contribution in [0.1, 0.15) is 34.6 Å². The summed E-state index contributed by atoms with van der Waals surface area (Å²) >= 11 is 0. The Kier molecular flexibility index (Phi) is 3.72. The second-order valence-corrected chi connectivity index (χ2v) is 4.29. The minimum absolute atomic E-state index is 0.00725. The van der Waals surface area contributed by atoms with Crippen molar-refractivity contribution >= 4 is 5.91 Å². The first-order valence-electron chi connectivity index (χ1n) is 5.95. The van der Waals surface area contributed by atoms with Crippen molar-refractivity contribution in [3.8, 4) is 0 Å². The molecule has 1 aromatic carbocycles. The molecule has 18 heavy (non-hydrogen) atoms. The number of hydrogen-bond donors (Lipinski definition) is 1. The lowest BCUT2D eigenvalue weighted by Gasteiger charge is -2.14. The molecule has 0 unspecified atom stereocenters. The molecule has 0 bridgehead atoms. The maximum absolute atomic E-state index is 12.0. The largest absolute Gasteiger partial charge is 0.346 e. The van der Waals surface area contributed by atoms with Crippen LogP contribution in [0.5, 0.6) is 0 Å². The van der Waals surface area contributed by atoms with Gasteiger partial charge < -0.3 is 5.32 Å². The molecule has 2 aromatic rings. The number of carbonyl (C=O) groups excluding carboxylic acids is 1. The monoisotopic (exact) mass is 240 g/mol. The average Bonchev–Trinajstić information content (AvgIpc) is 2.39. The highest BCUT2D eigenvalue weighted by molar-refractivity contribution is 5.94. The smallest absolute Gasteiger partial charge is 0.251 e. The molecule has 1 heterocycles. The van der Waals surface area contributed by atoms with Crippen molar-refractivity contribution in [1.29, 1.82) is 0 Å². The Morgan fingerprint density at radius 1 is 1.22 bits per heavy atom. The Morgan fingerprint density at radius 2 is 1.94 bits per heavy atom. The normalized spacial score (nSPS) is 11.9. The van der Waals surface area contributed by atoms with Crippen LogP contribution in [0.3, 0.4) is 0 Å². The number of amides is 1. The molecular formula is C15H16N2O. The lowest BCUT2D eigenvalue weighted by atomic mass is 10.1. The maximum Gasteiger partial charge on any atom is 0.251 e. The topological polar surface area (TPSA) is 42.0 Å². The van der Waals surface area contributed by atoms with Crippen molar-refractivity contribution in [3.05, 3.63) is 65.5 Å². The van der Waals surface area contributed by atoms with Gasteiger partial charge in [0.25, 0.3) is 5.91 Å². The highest BCUT2D eigenvalue weighted by atomic mass is 16.1. The van der Waals surface area contributed by atoms with Gasteiger partial charge in [-0.05, 0) is 31.5 Å². The van der Waals surface area contributed by atoms with Gasteiger partial charge in [-0.1, -0.05) is 30.3 Å². The van der Waals surface area contributed by atoms with Gasteiger partial charge in [0.15, 0.2) is 0 Å². The summed E-state index contributed by atoms with van der Waals surface area (Å²) in [6, 6.07) is 13.4. The zero-order valence-corrected chi connectivity index (χ0v) is 10.6. The van der Waals surface area contributed by atoms with E-state index in [1.54, 1.807) is 18.3 Å². The van der Waals surface area contributed by atoms with Gasteiger partial charge in [0.05, 0.1) is 6.04 Å². The predicted molar refractivity (Wildman–Crippen MR) is 71.3 cm³/mol. The molecule has 2 rings (SSSR count). The summed E-state index contributed by atoms with van der Waals surface area (Å²) in [5.74, 6) is -0.0724. The Morgan fingerprint density at radius 3 is 2.61 bits per heavy atom. The number of carbonyl (C=O) groups is 1. The Bertz CT molecular complexity index is 537. The third kappa shape index (κ3) is 2.94. The van der Waals surface area contributed by atoms with Crippen LogP contribution in [0.4, 0.5) is 0 Å². The number of rotatable bonds is 3. The molecule has 1 aromatic heterocycles. The molecule has 0 fully saturated rings. The van der Waals surface area contributed by atoms with Crippen LogP contribution in [0.2, 0.25) is 0 Å². The van der Waals surface area contributed by atoms with Gasteiger partial charge in [0.2, 0.25) is 0 Å². The van der Waals surface area contributed by atoms with Crippen molar-refractivity contribution < 1.29 is 4.79 Å². The first kappa shape index (κ1) is 12.3. The van der Waals surface area contributed by atoms with Crippen molar-refractivity contribution in [1.82, 2.24) is 10.3 Å². The number of pyridine rings is 1. The van der Waals surface area contributed by atoms with Gasteiger partial charge in [-0.3, -0.25) is 9.78 Å². The van der Waals surface area contributed by atoms with Crippen LogP contribution in [-0.2, 0) is 0 Å². The molecule has 3 heteroatoms. The zero-order chi connectivity index (χ0) is 13.0. The lowest BCUT2D eigenvalue weighted by Crippen LogP contribution is -2.26. The number of nitrogens with one attached hydrogen (secondary N) is 1. The fourth-order valence-electron chi connectivity index (χ4n) is 1.79. The molecule has 92 valence electrons.